The second kappa shape index (κ2) is 12.1. The number of nitrogens with one attached hydrogen (secondary N) is 2. The van der Waals surface area contributed by atoms with Crippen molar-refractivity contribution in [3.05, 3.63) is 77.2 Å². The van der Waals surface area contributed by atoms with Gasteiger partial charge in [-0.2, -0.15) is 5.26 Å². The second-order valence-electron chi connectivity index (χ2n) is 8.14. The Morgan fingerprint density at radius 1 is 1.08 bits per heavy atom. The first kappa shape index (κ1) is 25.7. The van der Waals surface area contributed by atoms with Crippen molar-refractivity contribution in [3.8, 4) is 17.6 Å². The first-order chi connectivity index (χ1) is 18.0. The molecule has 4 aromatic rings. The van der Waals surface area contributed by atoms with E-state index in [0.717, 1.165) is 12.1 Å². The number of pyridine rings is 2. The molecule has 0 saturated carbocycles. The van der Waals surface area contributed by atoms with Crippen LogP contribution in [0.4, 0.5) is 17.1 Å². The van der Waals surface area contributed by atoms with Crippen LogP contribution in [0.5, 0.6) is 11.5 Å². The molecule has 0 saturated heterocycles. The van der Waals surface area contributed by atoms with Crippen LogP contribution in [-0.2, 0) is 11.4 Å². The predicted molar refractivity (Wildman–Crippen MR) is 144 cm³/mol. The third-order valence-electron chi connectivity index (χ3n) is 5.44. The third kappa shape index (κ3) is 6.26. The highest BCUT2D eigenvalue weighted by atomic mass is 35.5. The summed E-state index contributed by atoms with van der Waals surface area (Å²) in [6.45, 7) is 4.52. The molecule has 2 heterocycles. The number of hydrogen-bond acceptors (Lipinski definition) is 7. The zero-order valence-corrected chi connectivity index (χ0v) is 21.3. The van der Waals surface area contributed by atoms with Crippen molar-refractivity contribution < 1.29 is 14.3 Å². The highest BCUT2D eigenvalue weighted by Gasteiger charge is 2.16. The lowest BCUT2D eigenvalue weighted by Crippen LogP contribution is -2.12. The molecule has 0 atom stereocenters. The van der Waals surface area contributed by atoms with Gasteiger partial charge in [-0.3, -0.25) is 14.8 Å². The van der Waals surface area contributed by atoms with E-state index in [9.17, 15) is 10.1 Å². The van der Waals surface area contributed by atoms with Crippen molar-refractivity contribution >= 4 is 45.5 Å². The Hall–Kier alpha value is -4.35. The number of carbonyl (C=O) groups is 1. The highest BCUT2D eigenvalue weighted by Crippen LogP contribution is 2.37. The molecular formula is C28H26ClN5O3. The molecule has 37 heavy (non-hydrogen) atoms. The number of benzene rings is 2. The summed E-state index contributed by atoms with van der Waals surface area (Å²) >= 11 is 6.49. The van der Waals surface area contributed by atoms with Crippen molar-refractivity contribution in [3.63, 3.8) is 0 Å². The van der Waals surface area contributed by atoms with Crippen LogP contribution in [0.15, 0.2) is 60.9 Å². The van der Waals surface area contributed by atoms with Crippen LogP contribution < -0.4 is 20.1 Å². The minimum absolute atomic E-state index is 0.116. The fourth-order valence-electron chi connectivity index (χ4n) is 3.73. The molecule has 8 nitrogen and oxygen atoms in total. The average molecular weight is 516 g/mol. The van der Waals surface area contributed by atoms with Crippen molar-refractivity contribution in [1.82, 2.24) is 9.97 Å². The zero-order chi connectivity index (χ0) is 26.2. The smallest absolute Gasteiger partial charge is 0.224 e. The Balaban J connectivity index is 1.67. The Morgan fingerprint density at radius 3 is 2.65 bits per heavy atom. The van der Waals surface area contributed by atoms with E-state index in [2.05, 4.69) is 26.7 Å². The van der Waals surface area contributed by atoms with Crippen molar-refractivity contribution in [2.75, 3.05) is 17.2 Å². The zero-order valence-electron chi connectivity index (χ0n) is 20.5. The monoisotopic (exact) mass is 515 g/mol. The Labute approximate surface area is 220 Å². The summed E-state index contributed by atoms with van der Waals surface area (Å²) in [4.78, 5) is 21.0. The maximum atomic E-state index is 12.3. The molecule has 0 radical (unpaired) electrons. The summed E-state index contributed by atoms with van der Waals surface area (Å²) in [5.74, 6) is 0.912. The molecule has 0 fully saturated rings. The Kier molecular flexibility index (Phi) is 8.39. The highest BCUT2D eigenvalue weighted by molar-refractivity contribution is 6.32. The third-order valence-corrected chi connectivity index (χ3v) is 5.74. The molecule has 9 heteroatoms. The largest absolute Gasteiger partial charge is 0.492 e. The van der Waals surface area contributed by atoms with Crippen LogP contribution in [0, 0.1) is 11.3 Å². The van der Waals surface area contributed by atoms with E-state index < -0.39 is 0 Å². The van der Waals surface area contributed by atoms with Gasteiger partial charge in [0.1, 0.15) is 24.2 Å². The lowest BCUT2D eigenvalue weighted by Gasteiger charge is -2.16. The number of carbonyl (C=O) groups excluding carboxylic acids is 1. The summed E-state index contributed by atoms with van der Waals surface area (Å²) in [7, 11) is 0. The Morgan fingerprint density at radius 2 is 1.95 bits per heavy atom. The van der Waals surface area contributed by atoms with Crippen molar-refractivity contribution in [2.45, 2.75) is 33.3 Å². The number of anilines is 3. The number of amides is 1. The maximum absolute atomic E-state index is 12.3. The fourth-order valence-corrected chi connectivity index (χ4v) is 3.96. The van der Waals surface area contributed by atoms with Gasteiger partial charge in [0.05, 0.1) is 39.8 Å². The van der Waals surface area contributed by atoms with Gasteiger partial charge >= 0.3 is 0 Å². The van der Waals surface area contributed by atoms with E-state index >= 15 is 0 Å². The van der Waals surface area contributed by atoms with Crippen LogP contribution in [0.2, 0.25) is 5.02 Å². The first-order valence-corrected chi connectivity index (χ1v) is 12.3. The number of rotatable bonds is 10. The molecular weight excluding hydrogens is 490 g/mol. The molecule has 0 aliphatic rings. The van der Waals surface area contributed by atoms with Gasteiger partial charge in [-0.05, 0) is 49.7 Å². The molecule has 188 valence electrons. The summed E-state index contributed by atoms with van der Waals surface area (Å²) in [6, 6.07) is 16.6. The number of nitrogens with zero attached hydrogens (tertiary/aromatic N) is 3. The minimum atomic E-state index is -0.116. The molecule has 0 aliphatic heterocycles. The molecule has 4 rings (SSSR count). The van der Waals surface area contributed by atoms with Gasteiger partial charge in [0.15, 0.2) is 0 Å². The normalized spacial score (nSPS) is 10.5. The molecule has 0 bridgehead atoms. The fraction of sp³-hybridized carbons (Fsp3) is 0.214. The van der Waals surface area contributed by atoms with Gasteiger partial charge in [-0.15, -0.1) is 0 Å². The Bertz CT molecular complexity index is 1450. The van der Waals surface area contributed by atoms with E-state index in [-0.39, 0.29) is 12.5 Å². The lowest BCUT2D eigenvalue weighted by atomic mass is 10.1. The summed E-state index contributed by atoms with van der Waals surface area (Å²) in [5, 5.41) is 17.1. The van der Waals surface area contributed by atoms with Gasteiger partial charge in [0.25, 0.3) is 0 Å². The van der Waals surface area contributed by atoms with E-state index in [4.69, 9.17) is 21.1 Å². The molecule has 2 N–H and O–H groups in total. The maximum Gasteiger partial charge on any atom is 0.224 e. The molecule has 0 unspecified atom stereocenters. The van der Waals surface area contributed by atoms with Crippen LogP contribution in [0.1, 0.15) is 37.9 Å². The van der Waals surface area contributed by atoms with Crippen molar-refractivity contribution in [2.24, 2.45) is 0 Å². The standard InChI is InChI=1S/C28H26ClN5O3/c1-3-7-27(35)34-24-13-21-23(14-26(24)36-4-2)32-16-18(15-30)28(21)33-19-9-10-25(22(29)12-19)37-17-20-8-5-6-11-31-20/h5-6,8-14,16H,3-4,7,17H2,1-2H3,(H,32,33)(H,34,35). The number of fused-ring (bicyclic) bond motifs is 1. The lowest BCUT2D eigenvalue weighted by molar-refractivity contribution is -0.116. The first-order valence-electron chi connectivity index (χ1n) is 11.9. The van der Waals surface area contributed by atoms with Crippen LogP contribution in [0.25, 0.3) is 10.9 Å². The van der Waals surface area contributed by atoms with E-state index in [1.165, 1.54) is 6.20 Å². The van der Waals surface area contributed by atoms with Gasteiger partial charge in [-0.1, -0.05) is 24.6 Å². The average Bonchev–Trinajstić information content (AvgIpc) is 2.90. The van der Waals surface area contributed by atoms with Crippen molar-refractivity contribution in [1.29, 1.82) is 5.26 Å². The topological polar surface area (TPSA) is 109 Å². The molecule has 1 amide bonds. The molecule has 0 spiro atoms. The summed E-state index contributed by atoms with van der Waals surface area (Å²) < 4.78 is 11.6. The van der Waals surface area contributed by atoms with Gasteiger partial charge in [0, 0.05) is 36.0 Å². The van der Waals surface area contributed by atoms with Crippen LogP contribution >= 0.6 is 11.6 Å². The van der Waals surface area contributed by atoms with Gasteiger partial charge in [-0.25, -0.2) is 0 Å². The number of hydrogen-bond donors (Lipinski definition) is 2. The van der Waals surface area contributed by atoms with E-state index in [0.29, 0.717) is 63.1 Å². The van der Waals surface area contributed by atoms with Gasteiger partial charge in [0.2, 0.25) is 5.91 Å². The second-order valence-corrected chi connectivity index (χ2v) is 8.54. The quantitative estimate of drug-likeness (QED) is 0.244. The summed E-state index contributed by atoms with van der Waals surface area (Å²) in [6.07, 6.45) is 4.32. The van der Waals surface area contributed by atoms with Crippen LogP contribution in [-0.4, -0.2) is 22.5 Å². The summed E-state index contributed by atoms with van der Waals surface area (Å²) in [5.41, 5.74) is 3.46. The molecule has 2 aromatic heterocycles. The SMILES string of the molecule is CCCC(=O)Nc1cc2c(Nc3ccc(OCc4ccccn4)c(Cl)c3)c(C#N)cnc2cc1OCC. The predicted octanol–water partition coefficient (Wildman–Crippen LogP) is 6.61. The number of ether oxygens (including phenoxy) is 2. The van der Waals surface area contributed by atoms with Crippen LogP contribution in [0.3, 0.4) is 0 Å². The van der Waals surface area contributed by atoms with Gasteiger partial charge < -0.3 is 20.1 Å². The number of aromatic nitrogens is 2. The number of nitriles is 1. The minimum Gasteiger partial charge on any atom is -0.492 e. The van der Waals surface area contributed by atoms with E-state index in [1.807, 2.05) is 38.1 Å². The van der Waals surface area contributed by atoms with E-state index in [1.54, 1.807) is 30.5 Å². The molecule has 2 aromatic carbocycles. The number of halogens is 1. The molecule has 0 aliphatic carbocycles.